The molecule has 8 nitrogen and oxygen atoms in total. The third-order valence-corrected chi connectivity index (χ3v) is 6.32. The summed E-state index contributed by atoms with van der Waals surface area (Å²) in [5, 5.41) is 11.2. The van der Waals surface area contributed by atoms with Crippen molar-refractivity contribution in [3.63, 3.8) is 0 Å². The van der Waals surface area contributed by atoms with E-state index in [4.69, 9.17) is 5.73 Å². The molecule has 196 valence electrons. The van der Waals surface area contributed by atoms with E-state index in [0.29, 0.717) is 18.2 Å². The van der Waals surface area contributed by atoms with Gasteiger partial charge in [-0.25, -0.2) is 4.98 Å². The molecule has 1 saturated carbocycles. The number of hydrogen-bond donors (Lipinski definition) is 4. The Labute approximate surface area is 219 Å². The minimum Gasteiger partial charge on any atom is -0.400 e. The van der Waals surface area contributed by atoms with Crippen molar-refractivity contribution < 1.29 is 9.59 Å². The van der Waals surface area contributed by atoms with Crippen molar-refractivity contribution in [1.29, 1.82) is 0 Å². The first-order chi connectivity index (χ1) is 17.9. The predicted octanol–water partition coefficient (Wildman–Crippen LogP) is 3.76. The van der Waals surface area contributed by atoms with Crippen molar-refractivity contribution in [1.82, 2.24) is 20.5 Å². The molecule has 3 aromatic rings. The molecule has 37 heavy (non-hydrogen) atoms. The maximum Gasteiger partial charge on any atom is 0.272 e. The van der Waals surface area contributed by atoms with E-state index in [-0.39, 0.29) is 5.91 Å². The SMILES string of the molecule is CN(C)C/C(N)=C/NCc1ccc(C=O)c2ccccc12.CNc1cccnc1C(=O)NCC1CCC1. The summed E-state index contributed by atoms with van der Waals surface area (Å²) >= 11 is 0. The van der Waals surface area contributed by atoms with Gasteiger partial charge in [-0.05, 0) is 61.3 Å². The number of pyridine rings is 1. The highest BCUT2D eigenvalue weighted by atomic mass is 16.1. The summed E-state index contributed by atoms with van der Waals surface area (Å²) in [4.78, 5) is 29.1. The lowest BCUT2D eigenvalue weighted by Gasteiger charge is -2.25. The van der Waals surface area contributed by atoms with Crippen LogP contribution in [0.5, 0.6) is 0 Å². The molecule has 0 unspecified atom stereocenters. The van der Waals surface area contributed by atoms with Crippen LogP contribution in [-0.4, -0.2) is 56.3 Å². The first kappa shape index (κ1) is 27.7. The number of carbonyl (C=O) groups is 2. The van der Waals surface area contributed by atoms with Crippen molar-refractivity contribution in [3.05, 3.63) is 83.4 Å². The van der Waals surface area contributed by atoms with E-state index < -0.39 is 0 Å². The van der Waals surface area contributed by atoms with E-state index >= 15 is 0 Å². The molecule has 8 heteroatoms. The number of carbonyl (C=O) groups excluding carboxylic acids is 2. The lowest BCUT2D eigenvalue weighted by Crippen LogP contribution is -2.33. The molecule has 1 aliphatic rings. The number of nitrogens with one attached hydrogen (secondary N) is 3. The van der Waals surface area contributed by atoms with Crippen molar-refractivity contribution in [2.24, 2.45) is 11.7 Å². The minimum absolute atomic E-state index is 0.0862. The molecular weight excluding hydrogens is 464 g/mol. The van der Waals surface area contributed by atoms with Crippen LogP contribution in [0, 0.1) is 5.92 Å². The number of rotatable bonds is 10. The molecule has 4 rings (SSSR count). The maximum atomic E-state index is 11.9. The summed E-state index contributed by atoms with van der Waals surface area (Å²) < 4.78 is 0. The molecule has 0 spiro atoms. The highest BCUT2D eigenvalue weighted by molar-refractivity contribution is 5.99. The van der Waals surface area contributed by atoms with Crippen LogP contribution in [0.4, 0.5) is 5.69 Å². The lowest BCUT2D eigenvalue weighted by atomic mass is 9.85. The molecule has 5 N–H and O–H groups in total. The van der Waals surface area contributed by atoms with Gasteiger partial charge in [0, 0.05) is 50.3 Å². The number of nitrogens with zero attached hydrogens (tertiary/aromatic N) is 2. The summed E-state index contributed by atoms with van der Waals surface area (Å²) in [7, 11) is 5.75. The Hall–Kier alpha value is -3.91. The molecule has 1 amide bonds. The number of amides is 1. The third kappa shape index (κ3) is 8.05. The van der Waals surface area contributed by atoms with E-state index in [1.165, 1.54) is 19.3 Å². The Balaban J connectivity index is 0.000000213. The molecule has 0 aliphatic heterocycles. The second kappa shape index (κ2) is 14.0. The Kier molecular flexibility index (Phi) is 10.5. The number of fused-ring (bicyclic) bond motifs is 1. The van der Waals surface area contributed by atoms with Crippen LogP contribution >= 0.6 is 0 Å². The second-order valence-corrected chi connectivity index (χ2v) is 9.47. The minimum atomic E-state index is -0.0862. The highest BCUT2D eigenvalue weighted by Crippen LogP contribution is 2.25. The predicted molar refractivity (Wildman–Crippen MR) is 150 cm³/mol. The first-order valence-corrected chi connectivity index (χ1v) is 12.6. The van der Waals surface area contributed by atoms with Crippen LogP contribution in [-0.2, 0) is 6.54 Å². The highest BCUT2D eigenvalue weighted by Gasteiger charge is 2.19. The second-order valence-electron chi connectivity index (χ2n) is 9.47. The van der Waals surface area contributed by atoms with Gasteiger partial charge in [0.25, 0.3) is 5.91 Å². The fraction of sp³-hybridized carbons (Fsp3) is 0.345. The van der Waals surface area contributed by atoms with Gasteiger partial charge in [0.05, 0.1) is 5.69 Å². The fourth-order valence-electron chi connectivity index (χ4n) is 4.15. The van der Waals surface area contributed by atoms with Crippen molar-refractivity contribution in [2.75, 3.05) is 39.5 Å². The summed E-state index contributed by atoms with van der Waals surface area (Å²) in [6, 6.07) is 15.4. The van der Waals surface area contributed by atoms with E-state index in [0.717, 1.165) is 52.7 Å². The molecule has 0 bridgehead atoms. The number of likely N-dealkylation sites (N-methyl/N-ethyl adjacent to an activating group) is 1. The van der Waals surface area contributed by atoms with Crippen molar-refractivity contribution >= 4 is 28.7 Å². The molecule has 1 fully saturated rings. The molecule has 0 atom stereocenters. The van der Waals surface area contributed by atoms with E-state index in [9.17, 15) is 9.59 Å². The van der Waals surface area contributed by atoms with E-state index in [1.807, 2.05) is 73.7 Å². The molecule has 2 aromatic carbocycles. The topological polar surface area (TPSA) is 112 Å². The van der Waals surface area contributed by atoms with Gasteiger partial charge in [-0.2, -0.15) is 0 Å². The fourth-order valence-corrected chi connectivity index (χ4v) is 4.15. The van der Waals surface area contributed by atoms with E-state index in [2.05, 4.69) is 20.9 Å². The van der Waals surface area contributed by atoms with Gasteiger partial charge in [-0.15, -0.1) is 0 Å². The average Bonchev–Trinajstić information content (AvgIpc) is 2.87. The zero-order chi connectivity index (χ0) is 26.6. The third-order valence-electron chi connectivity index (χ3n) is 6.32. The summed E-state index contributed by atoms with van der Waals surface area (Å²) in [5.74, 6) is 0.586. The Morgan fingerprint density at radius 3 is 2.51 bits per heavy atom. The van der Waals surface area contributed by atoms with Crippen LogP contribution in [0.15, 0.2) is 66.6 Å². The summed E-state index contributed by atoms with van der Waals surface area (Å²) in [6.45, 7) is 2.17. The number of benzene rings is 2. The normalized spacial score (nSPS) is 13.4. The monoisotopic (exact) mass is 502 g/mol. The smallest absolute Gasteiger partial charge is 0.272 e. The average molecular weight is 503 g/mol. The molecule has 1 aromatic heterocycles. The Morgan fingerprint density at radius 1 is 1.11 bits per heavy atom. The number of nitrogens with two attached hydrogens (primary N) is 1. The van der Waals surface area contributed by atoms with Crippen LogP contribution in [0.1, 0.15) is 45.7 Å². The largest absolute Gasteiger partial charge is 0.400 e. The van der Waals surface area contributed by atoms with Gasteiger partial charge in [0.1, 0.15) is 0 Å². The molecule has 1 aliphatic carbocycles. The van der Waals surface area contributed by atoms with Gasteiger partial charge < -0.3 is 26.6 Å². The molecule has 0 saturated heterocycles. The van der Waals surface area contributed by atoms with Gasteiger partial charge in [0.15, 0.2) is 12.0 Å². The van der Waals surface area contributed by atoms with Crippen LogP contribution < -0.4 is 21.7 Å². The number of hydrogen-bond acceptors (Lipinski definition) is 7. The number of aldehydes is 1. The summed E-state index contributed by atoms with van der Waals surface area (Å²) in [6.07, 6.45) is 8.14. The van der Waals surface area contributed by atoms with Crippen LogP contribution in [0.3, 0.4) is 0 Å². The van der Waals surface area contributed by atoms with Crippen LogP contribution in [0.25, 0.3) is 10.8 Å². The van der Waals surface area contributed by atoms with Gasteiger partial charge >= 0.3 is 0 Å². The molecular formula is C29H38N6O2. The maximum absolute atomic E-state index is 11.9. The standard InChI is InChI=1S/C17H21N3O.C12H17N3O/c1-20(2)11-15(18)10-19-9-13-7-8-14(12-21)17-6-4-3-5-16(13)17;1-13-10-6-3-7-14-11(10)12(16)15-8-9-4-2-5-9/h3-8,10,12,19H,9,11,18H2,1-2H3;3,6-7,9,13H,2,4-5,8H2,1H3,(H,15,16)/b15-10-;. The first-order valence-electron chi connectivity index (χ1n) is 12.6. The number of aromatic nitrogens is 1. The van der Waals surface area contributed by atoms with E-state index in [1.54, 1.807) is 13.2 Å². The summed E-state index contributed by atoms with van der Waals surface area (Å²) in [5.41, 5.74) is 9.80. The zero-order valence-corrected chi connectivity index (χ0v) is 22.0. The number of anilines is 1. The van der Waals surface area contributed by atoms with Gasteiger partial charge in [-0.3, -0.25) is 9.59 Å². The zero-order valence-electron chi connectivity index (χ0n) is 22.0. The lowest BCUT2D eigenvalue weighted by molar-refractivity contribution is 0.0934. The Bertz CT molecular complexity index is 1220. The molecule has 0 radical (unpaired) electrons. The molecule has 1 heterocycles. The van der Waals surface area contributed by atoms with Gasteiger partial charge in [0.2, 0.25) is 0 Å². The van der Waals surface area contributed by atoms with Crippen LogP contribution in [0.2, 0.25) is 0 Å². The van der Waals surface area contributed by atoms with Gasteiger partial charge in [-0.1, -0.05) is 42.8 Å². The van der Waals surface area contributed by atoms with Crippen molar-refractivity contribution in [2.45, 2.75) is 25.8 Å². The Morgan fingerprint density at radius 2 is 1.86 bits per heavy atom. The quantitative estimate of drug-likeness (QED) is 0.312. The van der Waals surface area contributed by atoms with Crippen molar-refractivity contribution in [3.8, 4) is 0 Å².